The Morgan fingerprint density at radius 3 is 2.07 bits per heavy atom. The van der Waals surface area contributed by atoms with Gasteiger partial charge in [0.25, 0.3) is 0 Å². The maximum Gasteiger partial charge on any atom is 0.0750 e. The van der Waals surface area contributed by atoms with Gasteiger partial charge in [-0.3, -0.25) is 4.90 Å². The Morgan fingerprint density at radius 2 is 1.64 bits per heavy atom. The summed E-state index contributed by atoms with van der Waals surface area (Å²) in [6.07, 6.45) is 0.371. The summed E-state index contributed by atoms with van der Waals surface area (Å²) in [5.74, 6) is 0. The van der Waals surface area contributed by atoms with Crippen molar-refractivity contribution < 1.29 is 4.74 Å². The van der Waals surface area contributed by atoms with Crippen LogP contribution in [0.15, 0.2) is 0 Å². The predicted octanol–water partition coefficient (Wildman–Crippen LogP) is 2.53. The Morgan fingerprint density at radius 1 is 1.07 bits per heavy atom. The summed E-state index contributed by atoms with van der Waals surface area (Å²) < 4.78 is 5.83. The molecule has 0 aromatic rings. The van der Waals surface area contributed by atoms with Crippen LogP contribution in [0.3, 0.4) is 0 Å². The first-order valence-corrected chi connectivity index (χ1v) is 5.58. The molecule has 1 heterocycles. The molecule has 2 nitrogen and oxygen atoms in total. The van der Waals surface area contributed by atoms with Gasteiger partial charge >= 0.3 is 0 Å². The zero-order valence-corrected chi connectivity index (χ0v) is 10.6. The highest BCUT2D eigenvalue weighted by Crippen LogP contribution is 2.28. The van der Waals surface area contributed by atoms with E-state index in [1.54, 1.807) is 0 Å². The molecular formula is C12H25NO. The lowest BCUT2D eigenvalue weighted by molar-refractivity contribution is -0.100. The molecule has 0 aliphatic carbocycles. The normalized spacial score (nSPS) is 26.6. The van der Waals surface area contributed by atoms with Crippen LogP contribution in [0.4, 0.5) is 0 Å². The van der Waals surface area contributed by atoms with Crippen LogP contribution < -0.4 is 0 Å². The van der Waals surface area contributed by atoms with Crippen LogP contribution in [0.1, 0.15) is 41.5 Å². The third-order valence-electron chi connectivity index (χ3n) is 2.98. The van der Waals surface area contributed by atoms with Crippen molar-refractivity contribution in [2.24, 2.45) is 5.41 Å². The number of ether oxygens (including phenoxy) is 1. The molecule has 1 unspecified atom stereocenters. The largest absolute Gasteiger partial charge is 0.375 e. The van der Waals surface area contributed by atoms with E-state index in [2.05, 4.69) is 46.4 Å². The minimum atomic E-state index is 0.254. The Hall–Kier alpha value is -0.0800. The Bertz CT molecular complexity index is 167. The van der Waals surface area contributed by atoms with E-state index < -0.39 is 0 Å². The van der Waals surface area contributed by atoms with Gasteiger partial charge in [0.2, 0.25) is 0 Å². The third-order valence-corrected chi connectivity index (χ3v) is 2.98. The highest BCUT2D eigenvalue weighted by Gasteiger charge is 2.34. The molecule has 0 radical (unpaired) electrons. The lowest BCUT2D eigenvalue weighted by Crippen LogP contribution is -2.54. The van der Waals surface area contributed by atoms with Crippen molar-refractivity contribution in [1.82, 2.24) is 4.90 Å². The molecule has 0 N–H and O–H groups in total. The van der Waals surface area contributed by atoms with E-state index in [9.17, 15) is 0 Å². The van der Waals surface area contributed by atoms with Crippen molar-refractivity contribution in [1.29, 1.82) is 0 Å². The van der Waals surface area contributed by atoms with E-state index in [1.807, 2.05) is 0 Å². The van der Waals surface area contributed by atoms with Gasteiger partial charge in [-0.1, -0.05) is 20.8 Å². The molecule has 0 aromatic heterocycles. The van der Waals surface area contributed by atoms with Crippen LogP contribution in [-0.2, 0) is 4.74 Å². The fourth-order valence-electron chi connectivity index (χ4n) is 1.78. The van der Waals surface area contributed by atoms with E-state index in [4.69, 9.17) is 4.74 Å². The van der Waals surface area contributed by atoms with Crippen LogP contribution in [0.25, 0.3) is 0 Å². The summed E-state index contributed by atoms with van der Waals surface area (Å²) in [7, 11) is 0. The van der Waals surface area contributed by atoms with Crippen molar-refractivity contribution in [3.8, 4) is 0 Å². The number of hydrogen-bond donors (Lipinski definition) is 0. The van der Waals surface area contributed by atoms with Crippen molar-refractivity contribution in [2.45, 2.75) is 53.2 Å². The monoisotopic (exact) mass is 199 g/mol. The topological polar surface area (TPSA) is 12.5 Å². The third kappa shape index (κ3) is 2.96. The number of hydrogen-bond acceptors (Lipinski definition) is 2. The second kappa shape index (κ2) is 3.82. The summed E-state index contributed by atoms with van der Waals surface area (Å²) in [6, 6.07) is 0. The number of nitrogens with zero attached hydrogens (tertiary/aromatic N) is 1. The molecule has 84 valence electrons. The van der Waals surface area contributed by atoms with Gasteiger partial charge in [0.15, 0.2) is 0 Å². The highest BCUT2D eigenvalue weighted by molar-refractivity contribution is 4.86. The summed E-state index contributed by atoms with van der Waals surface area (Å²) >= 11 is 0. The van der Waals surface area contributed by atoms with Gasteiger partial charge in [-0.15, -0.1) is 0 Å². The van der Waals surface area contributed by atoms with E-state index in [0.29, 0.717) is 6.10 Å². The average Bonchev–Trinajstić information content (AvgIpc) is 2.01. The first-order valence-electron chi connectivity index (χ1n) is 5.58. The number of morpholine rings is 1. The fourth-order valence-corrected chi connectivity index (χ4v) is 1.78. The molecule has 0 bridgehead atoms. The molecule has 2 heteroatoms. The van der Waals surface area contributed by atoms with Crippen molar-refractivity contribution in [3.63, 3.8) is 0 Å². The zero-order chi connectivity index (χ0) is 11.0. The van der Waals surface area contributed by atoms with Crippen LogP contribution >= 0.6 is 0 Å². The van der Waals surface area contributed by atoms with E-state index >= 15 is 0 Å². The van der Waals surface area contributed by atoms with Crippen molar-refractivity contribution >= 4 is 0 Å². The first-order chi connectivity index (χ1) is 6.21. The molecule has 0 amide bonds. The van der Waals surface area contributed by atoms with Crippen LogP contribution in [0.2, 0.25) is 0 Å². The zero-order valence-electron chi connectivity index (χ0n) is 10.6. The molecule has 1 fully saturated rings. The molecule has 1 saturated heterocycles. The summed E-state index contributed by atoms with van der Waals surface area (Å²) in [6.45, 7) is 16.6. The standard InChI is InChI=1S/C12H25NO/c1-11(2,3)10-9-13(7-8-14-10)12(4,5)6/h10H,7-9H2,1-6H3. The second-order valence-corrected chi connectivity index (χ2v) is 6.34. The van der Waals surface area contributed by atoms with E-state index in [0.717, 1.165) is 19.7 Å². The molecule has 0 saturated carbocycles. The minimum absolute atomic E-state index is 0.254. The number of rotatable bonds is 0. The smallest absolute Gasteiger partial charge is 0.0750 e. The molecular weight excluding hydrogens is 174 g/mol. The SMILES string of the molecule is CC(C)(C)C1CN(C(C)(C)C)CCO1. The Kier molecular flexibility index (Phi) is 3.27. The molecule has 1 aliphatic rings. The van der Waals surface area contributed by atoms with Crippen molar-refractivity contribution in [2.75, 3.05) is 19.7 Å². The molecule has 14 heavy (non-hydrogen) atoms. The Balaban J connectivity index is 2.61. The summed E-state index contributed by atoms with van der Waals surface area (Å²) in [5.41, 5.74) is 0.525. The van der Waals surface area contributed by atoms with Gasteiger partial charge in [-0.25, -0.2) is 0 Å². The van der Waals surface area contributed by atoms with Crippen LogP contribution in [0.5, 0.6) is 0 Å². The second-order valence-electron chi connectivity index (χ2n) is 6.34. The summed E-state index contributed by atoms with van der Waals surface area (Å²) in [5, 5.41) is 0. The van der Waals surface area contributed by atoms with Gasteiger partial charge in [0.05, 0.1) is 12.7 Å². The van der Waals surface area contributed by atoms with Crippen LogP contribution in [0, 0.1) is 5.41 Å². The maximum atomic E-state index is 5.83. The molecule has 1 atom stereocenters. The van der Waals surface area contributed by atoms with Gasteiger partial charge in [0.1, 0.15) is 0 Å². The van der Waals surface area contributed by atoms with E-state index in [-0.39, 0.29) is 11.0 Å². The van der Waals surface area contributed by atoms with Crippen LogP contribution in [-0.4, -0.2) is 36.2 Å². The average molecular weight is 199 g/mol. The molecule has 0 spiro atoms. The molecule has 0 aromatic carbocycles. The van der Waals surface area contributed by atoms with Gasteiger partial charge < -0.3 is 4.74 Å². The summed E-state index contributed by atoms with van der Waals surface area (Å²) in [4.78, 5) is 2.52. The highest BCUT2D eigenvalue weighted by atomic mass is 16.5. The minimum Gasteiger partial charge on any atom is -0.375 e. The lowest BCUT2D eigenvalue weighted by atomic mass is 9.87. The van der Waals surface area contributed by atoms with Gasteiger partial charge in [-0.05, 0) is 26.2 Å². The Labute approximate surface area is 88.6 Å². The van der Waals surface area contributed by atoms with Crippen molar-refractivity contribution in [3.05, 3.63) is 0 Å². The maximum absolute atomic E-state index is 5.83. The lowest BCUT2D eigenvalue weighted by Gasteiger charge is -2.45. The van der Waals surface area contributed by atoms with Gasteiger partial charge in [0, 0.05) is 18.6 Å². The fraction of sp³-hybridized carbons (Fsp3) is 1.00. The quantitative estimate of drug-likeness (QED) is 0.594. The first kappa shape index (κ1) is 12.0. The van der Waals surface area contributed by atoms with Gasteiger partial charge in [-0.2, -0.15) is 0 Å². The van der Waals surface area contributed by atoms with E-state index in [1.165, 1.54) is 0 Å². The predicted molar refractivity (Wildman–Crippen MR) is 60.5 cm³/mol. The molecule has 1 aliphatic heterocycles. The molecule has 1 rings (SSSR count).